The maximum atomic E-state index is 5.44. The molecule has 0 aliphatic carbocycles. The zero-order valence-corrected chi connectivity index (χ0v) is 34.7. The molecular weight excluding hydrogens is 777 g/mol. The highest BCUT2D eigenvalue weighted by Crippen LogP contribution is 2.40. The Hall–Kier alpha value is -8.60. The van der Waals surface area contributed by atoms with E-state index in [1.165, 1.54) is 43.6 Å². The van der Waals surface area contributed by atoms with Crippen molar-refractivity contribution in [2.24, 2.45) is 0 Å². The lowest BCUT2D eigenvalue weighted by Gasteiger charge is -2.14. The molecule has 0 radical (unpaired) electrons. The second kappa shape index (κ2) is 14.5. The van der Waals surface area contributed by atoms with Crippen LogP contribution in [0.1, 0.15) is 0 Å². The minimum absolute atomic E-state index is 0.929. The number of benzene rings is 9. The van der Waals surface area contributed by atoms with Crippen LogP contribution in [0.25, 0.3) is 122 Å². The minimum Gasteiger partial charge on any atom is -0.309 e. The molecule has 0 aliphatic rings. The van der Waals surface area contributed by atoms with Crippen LogP contribution in [-0.2, 0) is 0 Å². The molecule has 0 spiro atoms. The third-order valence-corrected chi connectivity index (χ3v) is 12.9. The van der Waals surface area contributed by atoms with E-state index in [0.29, 0.717) is 0 Å². The number of hydrogen-bond donors (Lipinski definition) is 0. The minimum atomic E-state index is 0.929. The van der Waals surface area contributed by atoms with Gasteiger partial charge in [-0.05, 0) is 119 Å². The van der Waals surface area contributed by atoms with Crippen molar-refractivity contribution in [1.29, 1.82) is 0 Å². The summed E-state index contributed by atoms with van der Waals surface area (Å²) in [5.74, 6) is 0. The summed E-state index contributed by atoms with van der Waals surface area (Å²) in [5.41, 5.74) is 17.5. The molecule has 4 aromatic heterocycles. The molecule has 64 heavy (non-hydrogen) atoms. The molecule has 13 aromatic rings. The third kappa shape index (κ3) is 5.84. The second-order valence-corrected chi connectivity index (χ2v) is 16.6. The predicted molar refractivity (Wildman–Crippen MR) is 267 cm³/mol. The number of hydrogen-bond acceptors (Lipinski definition) is 2. The van der Waals surface area contributed by atoms with Crippen molar-refractivity contribution in [3.05, 3.63) is 231 Å². The monoisotopic (exact) mass is 814 g/mol. The van der Waals surface area contributed by atoms with Gasteiger partial charge in [-0.2, -0.15) is 0 Å². The Bertz CT molecular complexity index is 3950. The van der Waals surface area contributed by atoms with E-state index in [1.807, 2.05) is 6.07 Å². The van der Waals surface area contributed by atoms with Gasteiger partial charge in [-0.15, -0.1) is 0 Å². The number of pyridine rings is 2. The molecule has 0 aliphatic heterocycles. The summed E-state index contributed by atoms with van der Waals surface area (Å²) in [6.45, 7) is 0. The summed E-state index contributed by atoms with van der Waals surface area (Å²) in [6, 6.07) is 82.8. The van der Waals surface area contributed by atoms with Crippen LogP contribution < -0.4 is 0 Å². The van der Waals surface area contributed by atoms with Crippen molar-refractivity contribution in [3.8, 4) is 56.1 Å². The lowest BCUT2D eigenvalue weighted by molar-refractivity contribution is 1.18. The molecule has 0 saturated carbocycles. The molecule has 9 aromatic carbocycles. The Morgan fingerprint density at radius 1 is 0.266 bits per heavy atom. The van der Waals surface area contributed by atoms with Crippen LogP contribution in [0.2, 0.25) is 0 Å². The fourth-order valence-electron chi connectivity index (χ4n) is 9.86. The maximum absolute atomic E-state index is 5.44. The highest BCUT2D eigenvalue weighted by atomic mass is 15.0. The van der Waals surface area contributed by atoms with Crippen LogP contribution in [0.4, 0.5) is 0 Å². The number of para-hydroxylation sites is 5. The Morgan fingerprint density at radius 2 is 0.781 bits per heavy atom. The van der Waals surface area contributed by atoms with Gasteiger partial charge in [-0.1, -0.05) is 133 Å². The molecule has 298 valence electrons. The molecule has 0 N–H and O–H groups in total. The van der Waals surface area contributed by atoms with Crippen LogP contribution >= 0.6 is 0 Å². The van der Waals surface area contributed by atoms with Gasteiger partial charge in [-0.25, -0.2) is 9.97 Å². The first-order valence-corrected chi connectivity index (χ1v) is 21.8. The standard InChI is InChI=1S/C60H38N4/c1-3-17-45(18-4-1)63-57-24-11-8-21-47(57)51-36-41(28-32-59(51)63)40-27-31-55-50(35-40)49(42-15-13-16-43(34-42)54-30-26-39-14-7-10-23-53(39)61-54)38-56(62-55)44-29-33-60-52(37-44)48-22-9-12-25-58(48)64(60)46-19-5-2-6-20-46/h1-38H. The van der Waals surface area contributed by atoms with Gasteiger partial charge in [0, 0.05) is 54.8 Å². The lowest BCUT2D eigenvalue weighted by atomic mass is 9.93. The van der Waals surface area contributed by atoms with Crippen molar-refractivity contribution in [2.45, 2.75) is 0 Å². The Morgan fingerprint density at radius 3 is 1.48 bits per heavy atom. The first kappa shape index (κ1) is 36.1. The Balaban J connectivity index is 1.00. The topological polar surface area (TPSA) is 35.6 Å². The van der Waals surface area contributed by atoms with Gasteiger partial charge in [0.1, 0.15) is 0 Å². The first-order chi connectivity index (χ1) is 31.7. The summed E-state index contributed by atoms with van der Waals surface area (Å²) in [6.07, 6.45) is 0. The molecule has 0 fully saturated rings. The van der Waals surface area contributed by atoms with Crippen LogP contribution in [0.15, 0.2) is 231 Å². The Kier molecular flexibility index (Phi) is 8.18. The number of rotatable bonds is 6. The SMILES string of the molecule is c1ccc(-n2c3ccccc3c3cc(-c4ccc5nc(-c6ccc7c(c6)c6ccccc6n7-c6ccccc6)cc(-c6cccc(-c7ccc8ccccc8n7)c6)c5c4)ccc32)cc1. The van der Waals surface area contributed by atoms with E-state index in [4.69, 9.17) is 9.97 Å². The largest absolute Gasteiger partial charge is 0.309 e. The molecule has 0 amide bonds. The molecule has 4 heterocycles. The summed E-state index contributed by atoms with van der Waals surface area (Å²) < 4.78 is 4.73. The van der Waals surface area contributed by atoms with Crippen LogP contribution in [0.5, 0.6) is 0 Å². The van der Waals surface area contributed by atoms with E-state index in [1.54, 1.807) is 0 Å². The van der Waals surface area contributed by atoms with Gasteiger partial charge in [-0.3, -0.25) is 0 Å². The summed E-state index contributed by atoms with van der Waals surface area (Å²) in [7, 11) is 0. The van der Waals surface area contributed by atoms with E-state index >= 15 is 0 Å². The number of nitrogens with zero attached hydrogens (tertiary/aromatic N) is 4. The van der Waals surface area contributed by atoms with E-state index in [2.05, 4.69) is 234 Å². The van der Waals surface area contributed by atoms with E-state index in [0.717, 1.165) is 77.9 Å². The second-order valence-electron chi connectivity index (χ2n) is 16.6. The van der Waals surface area contributed by atoms with Crippen molar-refractivity contribution >= 4 is 65.4 Å². The highest BCUT2D eigenvalue weighted by Gasteiger charge is 2.18. The van der Waals surface area contributed by atoms with Crippen molar-refractivity contribution in [2.75, 3.05) is 0 Å². The van der Waals surface area contributed by atoms with Crippen molar-refractivity contribution < 1.29 is 0 Å². The fraction of sp³-hybridized carbons (Fsp3) is 0. The molecule has 0 saturated heterocycles. The van der Waals surface area contributed by atoms with Crippen LogP contribution in [0, 0.1) is 0 Å². The summed E-state index contributed by atoms with van der Waals surface area (Å²) in [5, 5.41) is 7.10. The van der Waals surface area contributed by atoms with Gasteiger partial charge >= 0.3 is 0 Å². The third-order valence-electron chi connectivity index (χ3n) is 12.9. The van der Waals surface area contributed by atoms with Gasteiger partial charge < -0.3 is 9.13 Å². The van der Waals surface area contributed by atoms with Gasteiger partial charge in [0.2, 0.25) is 0 Å². The smallest absolute Gasteiger partial charge is 0.0716 e. The lowest BCUT2D eigenvalue weighted by Crippen LogP contribution is -1.94. The van der Waals surface area contributed by atoms with Gasteiger partial charge in [0.15, 0.2) is 0 Å². The molecule has 4 nitrogen and oxygen atoms in total. The molecule has 0 unspecified atom stereocenters. The maximum Gasteiger partial charge on any atom is 0.0716 e. The van der Waals surface area contributed by atoms with Crippen LogP contribution in [-0.4, -0.2) is 19.1 Å². The van der Waals surface area contributed by atoms with Crippen molar-refractivity contribution in [3.63, 3.8) is 0 Å². The average molecular weight is 815 g/mol. The summed E-state index contributed by atoms with van der Waals surface area (Å²) >= 11 is 0. The molecule has 0 atom stereocenters. The van der Waals surface area contributed by atoms with Gasteiger partial charge in [0.05, 0.1) is 44.5 Å². The molecular formula is C60H38N4. The summed E-state index contributed by atoms with van der Waals surface area (Å²) in [4.78, 5) is 10.5. The van der Waals surface area contributed by atoms with E-state index in [9.17, 15) is 0 Å². The normalized spacial score (nSPS) is 11.8. The quantitative estimate of drug-likeness (QED) is 0.168. The fourth-order valence-corrected chi connectivity index (χ4v) is 9.86. The van der Waals surface area contributed by atoms with E-state index < -0.39 is 0 Å². The number of fused-ring (bicyclic) bond motifs is 8. The molecule has 0 bridgehead atoms. The van der Waals surface area contributed by atoms with Gasteiger partial charge in [0.25, 0.3) is 0 Å². The highest BCUT2D eigenvalue weighted by molar-refractivity contribution is 6.12. The van der Waals surface area contributed by atoms with Crippen molar-refractivity contribution in [1.82, 2.24) is 19.1 Å². The zero-order valence-electron chi connectivity index (χ0n) is 34.7. The Labute approximate surface area is 369 Å². The number of aromatic nitrogens is 4. The molecule has 4 heteroatoms. The zero-order chi connectivity index (χ0) is 42.1. The predicted octanol–water partition coefficient (Wildman–Crippen LogP) is 15.6. The van der Waals surface area contributed by atoms with Crippen LogP contribution in [0.3, 0.4) is 0 Å². The first-order valence-electron chi connectivity index (χ1n) is 21.8. The molecule has 13 rings (SSSR count). The average Bonchev–Trinajstić information content (AvgIpc) is 3.88. The van der Waals surface area contributed by atoms with E-state index in [-0.39, 0.29) is 0 Å².